The number of aromatic nitrogens is 3. The molecule has 54 heavy (non-hydrogen) atoms. The summed E-state index contributed by atoms with van der Waals surface area (Å²) >= 11 is 0. The Balaban J connectivity index is 1.15. The van der Waals surface area contributed by atoms with Gasteiger partial charge in [0, 0.05) is 16.7 Å². The monoisotopic (exact) mass is 687 g/mol. The Hall–Kier alpha value is -7.23. The van der Waals surface area contributed by atoms with Crippen molar-refractivity contribution in [1.29, 1.82) is 0 Å². The van der Waals surface area contributed by atoms with Crippen LogP contribution < -0.4 is 0 Å². The van der Waals surface area contributed by atoms with Gasteiger partial charge in [-0.1, -0.05) is 176 Å². The highest BCUT2D eigenvalue weighted by Gasteiger charge is 2.17. The van der Waals surface area contributed by atoms with Gasteiger partial charge in [-0.15, -0.1) is 0 Å². The second-order valence-corrected chi connectivity index (χ2v) is 13.7. The molecule has 0 bridgehead atoms. The van der Waals surface area contributed by atoms with Crippen molar-refractivity contribution in [1.82, 2.24) is 15.0 Å². The molecule has 3 heteroatoms. The fourth-order valence-corrected chi connectivity index (χ4v) is 7.52. The van der Waals surface area contributed by atoms with Gasteiger partial charge in [0.1, 0.15) is 0 Å². The van der Waals surface area contributed by atoms with E-state index in [9.17, 15) is 0 Å². The van der Waals surface area contributed by atoms with Crippen LogP contribution in [-0.4, -0.2) is 15.0 Å². The Kier molecular flexibility index (Phi) is 7.81. The van der Waals surface area contributed by atoms with Gasteiger partial charge in [0.15, 0.2) is 17.5 Å². The topological polar surface area (TPSA) is 38.7 Å². The first-order valence-corrected chi connectivity index (χ1v) is 18.3. The van der Waals surface area contributed by atoms with Crippen LogP contribution in [0.15, 0.2) is 200 Å². The molecule has 0 radical (unpaired) electrons. The lowest BCUT2D eigenvalue weighted by Crippen LogP contribution is -2.00. The molecule has 1 heterocycles. The van der Waals surface area contributed by atoms with Gasteiger partial charge in [0.2, 0.25) is 0 Å². The minimum atomic E-state index is 0.633. The van der Waals surface area contributed by atoms with Crippen molar-refractivity contribution >= 4 is 32.3 Å². The van der Waals surface area contributed by atoms with Gasteiger partial charge in [-0.25, -0.2) is 15.0 Å². The van der Waals surface area contributed by atoms with E-state index in [1.54, 1.807) is 0 Å². The summed E-state index contributed by atoms with van der Waals surface area (Å²) in [6, 6.07) is 70.7. The van der Waals surface area contributed by atoms with Gasteiger partial charge in [0.05, 0.1) is 0 Å². The number of hydrogen-bond donors (Lipinski definition) is 0. The summed E-state index contributed by atoms with van der Waals surface area (Å²) in [6.45, 7) is 0. The van der Waals surface area contributed by atoms with Gasteiger partial charge in [0.25, 0.3) is 0 Å². The standard InChI is InChI=1S/C51H33N3/c1-3-12-34(13-4-1)36-22-24-38(25-23-36)49-52-50(43-29-28-40-30-39(26-27-41(40)31-43)35-14-5-2-6-15-35)54-51(53-49)44-32-42-17-8-10-20-46(42)48(33-44)47-21-11-18-37-16-7-9-19-45(37)47/h1-33H. The average molecular weight is 688 g/mol. The summed E-state index contributed by atoms with van der Waals surface area (Å²) < 4.78 is 0. The van der Waals surface area contributed by atoms with Gasteiger partial charge in [-0.2, -0.15) is 0 Å². The third kappa shape index (κ3) is 5.88. The van der Waals surface area contributed by atoms with Gasteiger partial charge in [-0.05, 0) is 90.0 Å². The van der Waals surface area contributed by atoms with E-state index in [0.29, 0.717) is 17.5 Å². The molecular weight excluding hydrogens is 655 g/mol. The fourth-order valence-electron chi connectivity index (χ4n) is 7.52. The Labute approximate surface area is 313 Å². The molecule has 0 amide bonds. The van der Waals surface area contributed by atoms with Crippen LogP contribution in [0.1, 0.15) is 0 Å². The normalized spacial score (nSPS) is 11.3. The molecule has 10 rings (SSSR count). The van der Waals surface area contributed by atoms with Crippen LogP contribution in [0.5, 0.6) is 0 Å². The van der Waals surface area contributed by atoms with Crippen LogP contribution in [0.4, 0.5) is 0 Å². The smallest absolute Gasteiger partial charge is 0.164 e. The molecule has 9 aromatic carbocycles. The minimum Gasteiger partial charge on any atom is -0.208 e. The van der Waals surface area contributed by atoms with Crippen LogP contribution in [0.25, 0.3) is 99.9 Å². The molecule has 10 aromatic rings. The predicted molar refractivity (Wildman–Crippen MR) is 225 cm³/mol. The zero-order chi connectivity index (χ0) is 35.8. The number of fused-ring (bicyclic) bond motifs is 3. The molecule has 0 unspecified atom stereocenters. The van der Waals surface area contributed by atoms with Crippen LogP contribution in [0.2, 0.25) is 0 Å². The molecule has 252 valence electrons. The zero-order valence-electron chi connectivity index (χ0n) is 29.4. The summed E-state index contributed by atoms with van der Waals surface area (Å²) in [6.07, 6.45) is 0. The van der Waals surface area contributed by atoms with E-state index in [-0.39, 0.29) is 0 Å². The van der Waals surface area contributed by atoms with Crippen LogP contribution in [0.3, 0.4) is 0 Å². The van der Waals surface area contributed by atoms with Crippen molar-refractivity contribution in [3.05, 3.63) is 200 Å². The summed E-state index contributed by atoms with van der Waals surface area (Å²) in [5.74, 6) is 1.90. The van der Waals surface area contributed by atoms with Gasteiger partial charge >= 0.3 is 0 Å². The van der Waals surface area contributed by atoms with Crippen molar-refractivity contribution in [2.75, 3.05) is 0 Å². The predicted octanol–water partition coefficient (Wildman–Crippen LogP) is 13.3. The molecular formula is C51H33N3. The van der Waals surface area contributed by atoms with Crippen LogP contribution in [0, 0.1) is 0 Å². The highest BCUT2D eigenvalue weighted by Crippen LogP contribution is 2.38. The van der Waals surface area contributed by atoms with E-state index in [0.717, 1.165) is 38.6 Å². The van der Waals surface area contributed by atoms with Crippen molar-refractivity contribution < 1.29 is 0 Å². The van der Waals surface area contributed by atoms with Crippen molar-refractivity contribution in [3.8, 4) is 67.5 Å². The molecule has 3 nitrogen and oxygen atoms in total. The fraction of sp³-hybridized carbons (Fsp3) is 0. The van der Waals surface area contributed by atoms with Gasteiger partial charge < -0.3 is 0 Å². The molecule has 0 aliphatic rings. The lowest BCUT2D eigenvalue weighted by Gasteiger charge is -2.14. The summed E-state index contributed by atoms with van der Waals surface area (Å²) in [7, 11) is 0. The third-order valence-electron chi connectivity index (χ3n) is 10.3. The highest BCUT2D eigenvalue weighted by molar-refractivity contribution is 6.07. The second-order valence-electron chi connectivity index (χ2n) is 13.7. The van der Waals surface area contributed by atoms with E-state index in [1.807, 2.05) is 12.1 Å². The molecule has 1 aromatic heterocycles. The van der Waals surface area contributed by atoms with Crippen LogP contribution in [-0.2, 0) is 0 Å². The quantitative estimate of drug-likeness (QED) is 0.175. The maximum absolute atomic E-state index is 5.22. The van der Waals surface area contributed by atoms with Crippen molar-refractivity contribution in [2.24, 2.45) is 0 Å². The highest BCUT2D eigenvalue weighted by atomic mass is 15.0. The van der Waals surface area contributed by atoms with Gasteiger partial charge in [-0.3, -0.25) is 0 Å². The molecule has 0 saturated heterocycles. The van der Waals surface area contributed by atoms with Crippen LogP contribution >= 0.6 is 0 Å². The molecule has 0 fully saturated rings. The Morgan fingerprint density at radius 3 is 1.37 bits per heavy atom. The van der Waals surface area contributed by atoms with E-state index < -0.39 is 0 Å². The Bertz CT molecular complexity index is 2970. The molecule has 0 aliphatic heterocycles. The molecule has 0 spiro atoms. The van der Waals surface area contributed by atoms with E-state index >= 15 is 0 Å². The summed E-state index contributed by atoms with van der Waals surface area (Å²) in [4.78, 5) is 15.5. The lowest BCUT2D eigenvalue weighted by molar-refractivity contribution is 1.08. The summed E-state index contributed by atoms with van der Waals surface area (Å²) in [5.41, 5.74) is 9.86. The van der Waals surface area contributed by atoms with E-state index in [4.69, 9.17) is 15.0 Å². The largest absolute Gasteiger partial charge is 0.208 e. The second kappa shape index (κ2) is 13.4. The molecule has 0 N–H and O–H groups in total. The Morgan fingerprint density at radius 1 is 0.222 bits per heavy atom. The zero-order valence-corrected chi connectivity index (χ0v) is 29.4. The first-order valence-electron chi connectivity index (χ1n) is 18.3. The van der Waals surface area contributed by atoms with Crippen molar-refractivity contribution in [3.63, 3.8) is 0 Å². The molecule has 0 aliphatic carbocycles. The summed E-state index contributed by atoms with van der Waals surface area (Å²) in [5, 5.41) is 7.04. The van der Waals surface area contributed by atoms with Crippen molar-refractivity contribution in [2.45, 2.75) is 0 Å². The number of hydrogen-bond acceptors (Lipinski definition) is 3. The average Bonchev–Trinajstić information content (AvgIpc) is 3.26. The first-order chi connectivity index (χ1) is 26.7. The maximum Gasteiger partial charge on any atom is 0.164 e. The molecule has 0 saturated carbocycles. The number of benzene rings is 9. The van der Waals surface area contributed by atoms with E-state index in [2.05, 4.69) is 188 Å². The number of rotatable bonds is 6. The Morgan fingerprint density at radius 2 is 0.667 bits per heavy atom. The van der Waals surface area contributed by atoms with E-state index in [1.165, 1.54) is 43.8 Å². The minimum absolute atomic E-state index is 0.633. The maximum atomic E-state index is 5.22. The number of nitrogens with zero attached hydrogens (tertiary/aromatic N) is 3. The SMILES string of the molecule is c1ccc(-c2ccc(-c3nc(-c4ccc5cc(-c6ccccc6)ccc5c4)nc(-c4cc(-c5cccc6ccccc56)c5ccccc5c4)n3)cc2)cc1. The molecule has 0 atom stereocenters. The third-order valence-corrected chi connectivity index (χ3v) is 10.3. The first kappa shape index (κ1) is 31.5. The lowest BCUT2D eigenvalue weighted by atomic mass is 9.92.